The fraction of sp³-hybridized carbons (Fsp3) is 0.476. The number of aliphatic hydroxyl groups is 1. The molecule has 0 aliphatic carbocycles. The highest BCUT2D eigenvalue weighted by atomic mass is 35.5. The second-order valence-electron chi connectivity index (χ2n) is 6.67. The van der Waals surface area contributed by atoms with Crippen LogP contribution in [0.1, 0.15) is 57.2 Å². The summed E-state index contributed by atoms with van der Waals surface area (Å²) in [4.78, 5) is 4.31. The van der Waals surface area contributed by atoms with Crippen LogP contribution in [-0.2, 0) is 12.0 Å². The van der Waals surface area contributed by atoms with Crippen molar-refractivity contribution in [2.45, 2.75) is 58.0 Å². The number of pyridine rings is 1. The molecule has 2 rings (SSSR count). The van der Waals surface area contributed by atoms with Crippen molar-refractivity contribution in [1.29, 1.82) is 0 Å². The Morgan fingerprint density at radius 2 is 1.92 bits per heavy atom. The van der Waals surface area contributed by atoms with Gasteiger partial charge in [-0.3, -0.25) is 4.98 Å². The minimum Gasteiger partial charge on any atom is -0.493 e. The lowest BCUT2D eigenvalue weighted by atomic mass is 9.90. The zero-order valence-corrected chi connectivity index (χ0v) is 15.9. The summed E-state index contributed by atoms with van der Waals surface area (Å²) in [6.07, 6.45) is 8.07. The van der Waals surface area contributed by atoms with Crippen LogP contribution in [0, 0.1) is 0 Å². The number of halogens is 1. The molecule has 0 saturated carbocycles. The van der Waals surface area contributed by atoms with Gasteiger partial charge in [0.2, 0.25) is 0 Å². The molecule has 4 heteroatoms. The Hall–Kier alpha value is -1.58. The molecule has 0 spiro atoms. The van der Waals surface area contributed by atoms with Gasteiger partial charge in [-0.15, -0.1) is 0 Å². The van der Waals surface area contributed by atoms with Gasteiger partial charge in [-0.25, -0.2) is 0 Å². The average Bonchev–Trinajstić information content (AvgIpc) is 2.59. The van der Waals surface area contributed by atoms with E-state index in [1.165, 1.54) is 25.7 Å². The lowest BCUT2D eigenvalue weighted by molar-refractivity contribution is 0.0531. The number of aromatic nitrogens is 1. The summed E-state index contributed by atoms with van der Waals surface area (Å²) >= 11 is 6.16. The molecular weight excluding hydrogens is 334 g/mol. The minimum atomic E-state index is -1.10. The van der Waals surface area contributed by atoms with Crippen molar-refractivity contribution in [2.75, 3.05) is 6.61 Å². The van der Waals surface area contributed by atoms with Crippen LogP contribution in [0.5, 0.6) is 5.75 Å². The predicted octanol–water partition coefficient (Wildman–Crippen LogP) is 5.53. The number of ether oxygens (including phenoxy) is 1. The smallest absolute Gasteiger partial charge is 0.125 e. The summed E-state index contributed by atoms with van der Waals surface area (Å²) in [6.45, 7) is 4.64. The first-order valence-corrected chi connectivity index (χ1v) is 9.46. The third-order valence-electron chi connectivity index (χ3n) is 4.28. The molecular formula is C21H28ClNO2. The van der Waals surface area contributed by atoms with Gasteiger partial charge in [0.15, 0.2) is 0 Å². The van der Waals surface area contributed by atoms with Gasteiger partial charge in [-0.2, -0.15) is 0 Å². The van der Waals surface area contributed by atoms with E-state index in [0.717, 1.165) is 12.1 Å². The van der Waals surface area contributed by atoms with Gasteiger partial charge in [0.1, 0.15) is 5.75 Å². The lowest BCUT2D eigenvalue weighted by Crippen LogP contribution is -2.26. The van der Waals surface area contributed by atoms with Crippen molar-refractivity contribution in [3.05, 3.63) is 58.9 Å². The molecule has 1 aromatic carbocycles. The summed E-state index contributed by atoms with van der Waals surface area (Å²) < 4.78 is 5.96. The van der Waals surface area contributed by atoms with E-state index in [1.807, 2.05) is 24.3 Å². The Bertz CT molecular complexity index is 644. The molecule has 1 atom stereocenters. The number of hydrogen-bond acceptors (Lipinski definition) is 3. The second kappa shape index (κ2) is 9.79. The average molecular weight is 362 g/mol. The maximum atomic E-state index is 11.0. The van der Waals surface area contributed by atoms with Crippen molar-refractivity contribution in [3.8, 4) is 5.75 Å². The van der Waals surface area contributed by atoms with Gasteiger partial charge in [-0.1, -0.05) is 50.3 Å². The lowest BCUT2D eigenvalue weighted by Gasteiger charge is -2.26. The Labute approximate surface area is 156 Å². The minimum absolute atomic E-state index is 0.404. The van der Waals surface area contributed by atoms with Gasteiger partial charge < -0.3 is 9.84 Å². The van der Waals surface area contributed by atoms with Crippen LogP contribution in [0.3, 0.4) is 0 Å². The number of rotatable bonds is 10. The monoisotopic (exact) mass is 361 g/mol. The zero-order chi connectivity index (χ0) is 18.1. The molecule has 0 aliphatic heterocycles. The maximum absolute atomic E-state index is 11.0. The predicted molar refractivity (Wildman–Crippen MR) is 103 cm³/mol. The Morgan fingerprint density at radius 1 is 1.12 bits per heavy atom. The van der Waals surface area contributed by atoms with E-state index in [2.05, 4.69) is 11.9 Å². The summed E-state index contributed by atoms with van der Waals surface area (Å²) in [5.41, 5.74) is 0.439. The molecule has 1 N–H and O–H groups in total. The molecule has 136 valence electrons. The van der Waals surface area contributed by atoms with E-state index in [-0.39, 0.29) is 0 Å². The van der Waals surface area contributed by atoms with Crippen LogP contribution >= 0.6 is 11.6 Å². The van der Waals surface area contributed by atoms with Crippen molar-refractivity contribution in [3.63, 3.8) is 0 Å². The highest BCUT2D eigenvalue weighted by Gasteiger charge is 2.28. The molecule has 25 heavy (non-hydrogen) atoms. The largest absolute Gasteiger partial charge is 0.493 e. The van der Waals surface area contributed by atoms with E-state index in [9.17, 15) is 5.11 Å². The highest BCUT2D eigenvalue weighted by molar-refractivity contribution is 6.30. The van der Waals surface area contributed by atoms with Crippen molar-refractivity contribution in [1.82, 2.24) is 4.98 Å². The normalized spacial score (nSPS) is 13.4. The summed E-state index contributed by atoms with van der Waals surface area (Å²) in [7, 11) is 0. The Morgan fingerprint density at radius 3 is 2.64 bits per heavy atom. The summed E-state index contributed by atoms with van der Waals surface area (Å²) in [5.74, 6) is 0.695. The van der Waals surface area contributed by atoms with Crippen LogP contribution in [0.4, 0.5) is 0 Å². The molecule has 0 aliphatic rings. The summed E-state index contributed by atoms with van der Waals surface area (Å²) in [6, 6.07) is 11.1. The molecule has 1 heterocycles. The van der Waals surface area contributed by atoms with Crippen LogP contribution < -0.4 is 4.74 Å². The van der Waals surface area contributed by atoms with Crippen molar-refractivity contribution < 1.29 is 9.84 Å². The molecule has 0 saturated heterocycles. The molecule has 1 aromatic heterocycles. The van der Waals surface area contributed by atoms with Gasteiger partial charge in [-0.05, 0) is 43.7 Å². The topological polar surface area (TPSA) is 42.4 Å². The maximum Gasteiger partial charge on any atom is 0.125 e. The SMILES string of the molecule is CCCCCCCOc1ccc(Cl)cc1C(C)(O)Cc1ccccn1. The second-order valence-corrected chi connectivity index (χ2v) is 7.11. The molecule has 0 radical (unpaired) electrons. The number of nitrogens with zero attached hydrogens (tertiary/aromatic N) is 1. The van der Waals surface area contributed by atoms with Gasteiger partial charge in [0, 0.05) is 28.9 Å². The first-order valence-electron chi connectivity index (χ1n) is 9.08. The zero-order valence-electron chi connectivity index (χ0n) is 15.2. The standard InChI is InChI=1S/C21H28ClNO2/c1-3-4-5-6-9-14-25-20-12-11-17(22)15-19(20)21(2,24)16-18-10-7-8-13-23-18/h7-8,10-13,15,24H,3-6,9,14,16H2,1-2H3. The number of unbranched alkanes of at least 4 members (excludes halogenated alkanes) is 4. The van der Waals surface area contributed by atoms with Crippen LogP contribution in [0.15, 0.2) is 42.6 Å². The van der Waals surface area contributed by atoms with Gasteiger partial charge >= 0.3 is 0 Å². The van der Waals surface area contributed by atoms with Crippen molar-refractivity contribution >= 4 is 11.6 Å². The van der Waals surface area contributed by atoms with Crippen LogP contribution in [-0.4, -0.2) is 16.7 Å². The summed E-state index contributed by atoms with van der Waals surface area (Å²) in [5, 5.41) is 11.6. The first kappa shape index (κ1) is 19.7. The van der Waals surface area contributed by atoms with Crippen LogP contribution in [0.2, 0.25) is 5.02 Å². The fourth-order valence-corrected chi connectivity index (χ4v) is 3.06. The Kier molecular flexibility index (Phi) is 7.73. The molecule has 0 fully saturated rings. The van der Waals surface area contributed by atoms with Crippen LogP contribution in [0.25, 0.3) is 0 Å². The number of benzene rings is 1. The van der Waals surface area contributed by atoms with E-state index in [0.29, 0.717) is 29.4 Å². The van der Waals surface area contributed by atoms with E-state index >= 15 is 0 Å². The molecule has 3 nitrogen and oxygen atoms in total. The third kappa shape index (κ3) is 6.33. The number of hydrogen-bond donors (Lipinski definition) is 1. The van der Waals surface area contributed by atoms with E-state index in [1.54, 1.807) is 25.3 Å². The molecule has 0 bridgehead atoms. The fourth-order valence-electron chi connectivity index (χ4n) is 2.89. The molecule has 2 aromatic rings. The van der Waals surface area contributed by atoms with E-state index in [4.69, 9.17) is 16.3 Å². The highest BCUT2D eigenvalue weighted by Crippen LogP contribution is 2.34. The molecule has 1 unspecified atom stereocenters. The van der Waals surface area contributed by atoms with Crippen molar-refractivity contribution in [2.24, 2.45) is 0 Å². The third-order valence-corrected chi connectivity index (χ3v) is 4.51. The molecule has 0 amide bonds. The Balaban J connectivity index is 2.06. The first-order chi connectivity index (χ1) is 12.0. The van der Waals surface area contributed by atoms with Gasteiger partial charge in [0.25, 0.3) is 0 Å². The van der Waals surface area contributed by atoms with E-state index < -0.39 is 5.60 Å². The quantitative estimate of drug-likeness (QED) is 0.565. The van der Waals surface area contributed by atoms with Gasteiger partial charge in [0.05, 0.1) is 12.2 Å².